The summed E-state index contributed by atoms with van der Waals surface area (Å²) in [4.78, 5) is 19.8. The first-order valence-corrected chi connectivity index (χ1v) is 10.5. The van der Waals surface area contributed by atoms with Crippen molar-refractivity contribution in [2.24, 2.45) is 5.92 Å². The number of likely N-dealkylation sites (tertiary alicyclic amines) is 1. The third-order valence-electron chi connectivity index (χ3n) is 5.95. The minimum Gasteiger partial charge on any atom is -0.365 e. The summed E-state index contributed by atoms with van der Waals surface area (Å²) in [5.74, 6) is 2.20. The Kier molecular flexibility index (Phi) is 4.87. The fraction of sp³-hybridized carbons (Fsp3) is 0.636. The molecule has 1 saturated carbocycles. The number of rotatable bonds is 3. The summed E-state index contributed by atoms with van der Waals surface area (Å²) in [6.45, 7) is 8.28. The zero-order valence-corrected chi connectivity index (χ0v) is 16.9. The highest BCUT2D eigenvalue weighted by molar-refractivity contribution is 5.79. The molecule has 0 unspecified atom stereocenters. The van der Waals surface area contributed by atoms with E-state index < -0.39 is 0 Å². The molecule has 2 aromatic rings. The van der Waals surface area contributed by atoms with Gasteiger partial charge < -0.3 is 10.2 Å². The van der Waals surface area contributed by atoms with Gasteiger partial charge in [0.2, 0.25) is 5.91 Å². The van der Waals surface area contributed by atoms with Gasteiger partial charge in [0.25, 0.3) is 0 Å². The summed E-state index contributed by atoms with van der Waals surface area (Å²) in [5, 5.41) is 3.67. The fourth-order valence-corrected chi connectivity index (χ4v) is 4.58. The maximum absolute atomic E-state index is 12.7. The standard InChI is InChI=1S/C22H32N4O/c1-22(2,3)24-20-19(23-18-10-6-7-13-26(18)20)16-11-14-25(15-12-16)21(27)17-8-4-5-9-17/h6-7,10,13,16-17,24H,4-5,8-9,11-12,14-15H2,1-3H3. The van der Waals surface area contributed by atoms with Crippen LogP contribution in [0.4, 0.5) is 5.82 Å². The van der Waals surface area contributed by atoms with Gasteiger partial charge >= 0.3 is 0 Å². The van der Waals surface area contributed by atoms with E-state index >= 15 is 0 Å². The lowest BCUT2D eigenvalue weighted by Crippen LogP contribution is -2.41. The van der Waals surface area contributed by atoms with Crippen molar-refractivity contribution in [3.05, 3.63) is 30.1 Å². The van der Waals surface area contributed by atoms with Gasteiger partial charge in [-0.15, -0.1) is 0 Å². The fourth-order valence-electron chi connectivity index (χ4n) is 4.58. The minimum absolute atomic E-state index is 0.0281. The van der Waals surface area contributed by atoms with Gasteiger partial charge in [-0.2, -0.15) is 0 Å². The molecule has 0 bridgehead atoms. The smallest absolute Gasteiger partial charge is 0.225 e. The van der Waals surface area contributed by atoms with Crippen LogP contribution in [-0.4, -0.2) is 38.8 Å². The summed E-state index contributed by atoms with van der Waals surface area (Å²) in [7, 11) is 0. The predicted molar refractivity (Wildman–Crippen MR) is 109 cm³/mol. The predicted octanol–water partition coefficient (Wildman–Crippen LogP) is 4.44. The van der Waals surface area contributed by atoms with Crippen LogP contribution >= 0.6 is 0 Å². The monoisotopic (exact) mass is 368 g/mol. The Bertz CT molecular complexity index is 805. The van der Waals surface area contributed by atoms with Crippen LogP contribution in [0.15, 0.2) is 24.4 Å². The average molecular weight is 369 g/mol. The molecular formula is C22H32N4O. The Labute approximate surface area is 162 Å². The van der Waals surface area contributed by atoms with Crippen molar-refractivity contribution in [3.8, 4) is 0 Å². The van der Waals surface area contributed by atoms with E-state index in [2.05, 4.69) is 53.7 Å². The van der Waals surface area contributed by atoms with Crippen LogP contribution in [0, 0.1) is 5.92 Å². The van der Waals surface area contributed by atoms with Crippen LogP contribution in [0.3, 0.4) is 0 Å². The molecule has 27 heavy (non-hydrogen) atoms. The SMILES string of the molecule is CC(C)(C)Nc1c(C2CCN(C(=O)C3CCCC3)CC2)nc2ccccn12. The molecule has 1 amide bonds. The molecule has 5 heteroatoms. The van der Waals surface area contributed by atoms with E-state index in [0.29, 0.717) is 11.8 Å². The second kappa shape index (κ2) is 7.17. The molecule has 1 N–H and O–H groups in total. The first-order valence-electron chi connectivity index (χ1n) is 10.5. The van der Waals surface area contributed by atoms with Crippen LogP contribution < -0.4 is 5.32 Å². The van der Waals surface area contributed by atoms with Crippen molar-refractivity contribution in [1.82, 2.24) is 14.3 Å². The highest BCUT2D eigenvalue weighted by atomic mass is 16.2. The van der Waals surface area contributed by atoms with E-state index in [4.69, 9.17) is 4.98 Å². The molecule has 5 nitrogen and oxygen atoms in total. The quantitative estimate of drug-likeness (QED) is 0.871. The number of carbonyl (C=O) groups is 1. The summed E-state index contributed by atoms with van der Waals surface area (Å²) >= 11 is 0. The third-order valence-corrected chi connectivity index (χ3v) is 5.95. The Morgan fingerprint density at radius 1 is 1.11 bits per heavy atom. The number of aromatic nitrogens is 2. The van der Waals surface area contributed by atoms with Crippen molar-refractivity contribution < 1.29 is 4.79 Å². The topological polar surface area (TPSA) is 49.6 Å². The number of nitrogens with zero attached hydrogens (tertiary/aromatic N) is 3. The van der Waals surface area contributed by atoms with Crippen molar-refractivity contribution in [2.75, 3.05) is 18.4 Å². The van der Waals surface area contributed by atoms with Crippen LogP contribution in [0.5, 0.6) is 0 Å². The average Bonchev–Trinajstić information content (AvgIpc) is 3.29. The number of hydrogen-bond donors (Lipinski definition) is 1. The normalized spacial score (nSPS) is 19.7. The largest absolute Gasteiger partial charge is 0.365 e. The number of fused-ring (bicyclic) bond motifs is 1. The summed E-state index contributed by atoms with van der Waals surface area (Å²) in [6.07, 6.45) is 8.70. The molecule has 0 aromatic carbocycles. The van der Waals surface area contributed by atoms with Crippen molar-refractivity contribution >= 4 is 17.4 Å². The second-order valence-corrected chi connectivity index (χ2v) is 9.23. The van der Waals surface area contributed by atoms with Gasteiger partial charge in [0.05, 0.1) is 5.69 Å². The zero-order valence-electron chi connectivity index (χ0n) is 16.9. The maximum atomic E-state index is 12.7. The Morgan fingerprint density at radius 3 is 2.48 bits per heavy atom. The number of piperidine rings is 1. The van der Waals surface area contributed by atoms with Gasteiger partial charge in [-0.25, -0.2) is 4.98 Å². The molecule has 2 aromatic heterocycles. The van der Waals surface area contributed by atoms with E-state index in [1.807, 2.05) is 6.07 Å². The molecule has 146 valence electrons. The van der Waals surface area contributed by atoms with Gasteiger partial charge in [-0.05, 0) is 58.6 Å². The van der Waals surface area contributed by atoms with Gasteiger partial charge in [0.1, 0.15) is 11.5 Å². The molecule has 0 atom stereocenters. The molecule has 2 fully saturated rings. The van der Waals surface area contributed by atoms with E-state index in [0.717, 1.165) is 55.9 Å². The Morgan fingerprint density at radius 2 is 1.81 bits per heavy atom. The second-order valence-electron chi connectivity index (χ2n) is 9.23. The highest BCUT2D eigenvalue weighted by Crippen LogP contribution is 2.35. The molecule has 0 radical (unpaired) electrons. The lowest BCUT2D eigenvalue weighted by molar-refractivity contribution is -0.136. The molecule has 4 rings (SSSR count). The zero-order chi connectivity index (χ0) is 19.0. The molecule has 1 aliphatic heterocycles. The summed E-state index contributed by atoms with van der Waals surface area (Å²) in [6, 6.07) is 6.15. The number of amides is 1. The van der Waals surface area contributed by atoms with Gasteiger partial charge in [0, 0.05) is 36.7 Å². The molecule has 2 aliphatic rings. The molecular weight excluding hydrogens is 336 g/mol. The number of anilines is 1. The van der Waals surface area contributed by atoms with Crippen LogP contribution in [0.25, 0.3) is 5.65 Å². The number of imidazole rings is 1. The van der Waals surface area contributed by atoms with Gasteiger partial charge in [-0.3, -0.25) is 9.20 Å². The van der Waals surface area contributed by atoms with Crippen LogP contribution in [0.1, 0.15) is 70.9 Å². The van der Waals surface area contributed by atoms with Crippen LogP contribution in [0.2, 0.25) is 0 Å². The summed E-state index contributed by atoms with van der Waals surface area (Å²) < 4.78 is 2.16. The van der Waals surface area contributed by atoms with E-state index in [1.165, 1.54) is 12.8 Å². The molecule has 1 aliphatic carbocycles. The lowest BCUT2D eigenvalue weighted by atomic mass is 9.92. The van der Waals surface area contributed by atoms with E-state index in [-0.39, 0.29) is 11.5 Å². The molecule has 1 saturated heterocycles. The number of hydrogen-bond acceptors (Lipinski definition) is 3. The first kappa shape index (κ1) is 18.3. The highest BCUT2D eigenvalue weighted by Gasteiger charge is 2.32. The Hall–Kier alpha value is -2.04. The third kappa shape index (κ3) is 3.83. The lowest BCUT2D eigenvalue weighted by Gasteiger charge is -2.34. The minimum atomic E-state index is -0.0281. The number of nitrogens with one attached hydrogen (secondary N) is 1. The summed E-state index contributed by atoms with van der Waals surface area (Å²) in [5.41, 5.74) is 2.12. The first-order chi connectivity index (χ1) is 12.9. The van der Waals surface area contributed by atoms with Crippen LogP contribution in [-0.2, 0) is 4.79 Å². The Balaban J connectivity index is 1.53. The van der Waals surface area contributed by atoms with E-state index in [9.17, 15) is 4.79 Å². The molecule has 0 spiro atoms. The van der Waals surface area contributed by atoms with Crippen molar-refractivity contribution in [1.29, 1.82) is 0 Å². The number of carbonyl (C=O) groups excluding carboxylic acids is 1. The van der Waals surface area contributed by atoms with Crippen molar-refractivity contribution in [3.63, 3.8) is 0 Å². The van der Waals surface area contributed by atoms with Gasteiger partial charge in [-0.1, -0.05) is 18.9 Å². The number of pyridine rings is 1. The molecule has 3 heterocycles. The van der Waals surface area contributed by atoms with E-state index in [1.54, 1.807) is 0 Å². The van der Waals surface area contributed by atoms with Crippen molar-refractivity contribution in [2.45, 2.75) is 70.8 Å². The van der Waals surface area contributed by atoms with Gasteiger partial charge in [0.15, 0.2) is 0 Å². The maximum Gasteiger partial charge on any atom is 0.225 e.